The number of aliphatic hydroxyl groups excluding tert-OH is 1. The molecule has 102 valence electrons. The van der Waals surface area contributed by atoms with Gasteiger partial charge in [-0.2, -0.15) is 30.6 Å². The third kappa shape index (κ3) is 4.41. The number of nitrogens with zero attached hydrogens (tertiary/aromatic N) is 1. The Kier molecular flexibility index (Phi) is 4.39. The average molecular weight is 276 g/mol. The highest BCUT2D eigenvalue weighted by atomic mass is 32.2. The van der Waals surface area contributed by atoms with Gasteiger partial charge >= 0.3 is 6.18 Å². The van der Waals surface area contributed by atoms with Crippen LogP contribution in [0.4, 0.5) is 13.2 Å². The lowest BCUT2D eigenvalue weighted by atomic mass is 10.0. The molecule has 0 aromatic heterocycles. The van der Waals surface area contributed by atoms with E-state index in [2.05, 4.69) is 0 Å². The summed E-state index contributed by atoms with van der Waals surface area (Å²) >= 11 is 0. The Morgan fingerprint density at radius 2 is 2.12 bits per heavy atom. The van der Waals surface area contributed by atoms with E-state index >= 15 is 0 Å². The summed E-state index contributed by atoms with van der Waals surface area (Å²) in [5.41, 5.74) is 0. The normalized spacial score (nSPS) is 25.1. The van der Waals surface area contributed by atoms with E-state index in [4.69, 9.17) is 0 Å². The van der Waals surface area contributed by atoms with Crippen molar-refractivity contribution in [1.82, 2.24) is 9.03 Å². The summed E-state index contributed by atoms with van der Waals surface area (Å²) in [6.07, 6.45) is -4.79. The van der Waals surface area contributed by atoms with Crippen molar-refractivity contribution in [1.29, 1.82) is 0 Å². The molecule has 0 saturated carbocycles. The number of halogens is 3. The second-order valence-electron chi connectivity index (χ2n) is 4.09. The summed E-state index contributed by atoms with van der Waals surface area (Å²) in [6.45, 7) is 0.128. The van der Waals surface area contributed by atoms with Gasteiger partial charge in [0.15, 0.2) is 0 Å². The van der Waals surface area contributed by atoms with E-state index in [0.29, 0.717) is 6.42 Å². The molecule has 0 amide bonds. The highest BCUT2D eigenvalue weighted by molar-refractivity contribution is 7.87. The quantitative estimate of drug-likeness (QED) is 0.764. The molecule has 1 saturated heterocycles. The number of rotatable bonds is 4. The van der Waals surface area contributed by atoms with E-state index in [9.17, 15) is 26.7 Å². The fraction of sp³-hybridized carbons (Fsp3) is 1.00. The first-order chi connectivity index (χ1) is 7.62. The number of aliphatic hydroxyl groups is 1. The SMILES string of the molecule is CC(O)C1CCN(S(=O)(=O)NCC(F)(F)F)C1. The topological polar surface area (TPSA) is 69.6 Å². The molecule has 1 aliphatic rings. The van der Waals surface area contributed by atoms with E-state index in [1.807, 2.05) is 0 Å². The summed E-state index contributed by atoms with van der Waals surface area (Å²) in [4.78, 5) is 0. The largest absolute Gasteiger partial charge is 0.402 e. The summed E-state index contributed by atoms with van der Waals surface area (Å²) in [7, 11) is -4.11. The van der Waals surface area contributed by atoms with Crippen LogP contribution in [0.5, 0.6) is 0 Å². The summed E-state index contributed by atoms with van der Waals surface area (Å²) in [5, 5.41) is 9.27. The van der Waals surface area contributed by atoms with Crippen LogP contribution in [-0.2, 0) is 10.2 Å². The molecule has 17 heavy (non-hydrogen) atoms. The molecule has 1 fully saturated rings. The molecule has 9 heteroatoms. The molecule has 5 nitrogen and oxygen atoms in total. The van der Waals surface area contributed by atoms with Crippen molar-refractivity contribution in [2.75, 3.05) is 19.6 Å². The van der Waals surface area contributed by atoms with E-state index in [0.717, 1.165) is 4.31 Å². The average Bonchev–Trinajstić information content (AvgIpc) is 2.63. The van der Waals surface area contributed by atoms with Crippen LogP contribution in [0.1, 0.15) is 13.3 Å². The Labute approximate surface area is 97.8 Å². The maximum atomic E-state index is 11.9. The van der Waals surface area contributed by atoms with Crippen molar-refractivity contribution in [3.05, 3.63) is 0 Å². The predicted molar refractivity (Wildman–Crippen MR) is 54.3 cm³/mol. The summed E-state index contributed by atoms with van der Waals surface area (Å²) in [5.74, 6) is -0.225. The molecule has 0 spiro atoms. The molecule has 2 N–H and O–H groups in total. The fourth-order valence-electron chi connectivity index (χ4n) is 1.63. The minimum atomic E-state index is -4.57. The lowest BCUT2D eigenvalue weighted by Gasteiger charge is -2.18. The number of hydrogen-bond acceptors (Lipinski definition) is 3. The van der Waals surface area contributed by atoms with Gasteiger partial charge in [-0.3, -0.25) is 0 Å². The Morgan fingerprint density at radius 3 is 2.53 bits per heavy atom. The Hall–Kier alpha value is -0.380. The molecule has 0 bridgehead atoms. The van der Waals surface area contributed by atoms with Crippen LogP contribution >= 0.6 is 0 Å². The van der Waals surface area contributed by atoms with E-state index in [1.54, 1.807) is 0 Å². The van der Waals surface area contributed by atoms with Crippen molar-refractivity contribution < 1.29 is 26.7 Å². The molecule has 1 heterocycles. The highest BCUT2D eigenvalue weighted by Gasteiger charge is 2.36. The molecule has 1 aliphatic heterocycles. The summed E-state index contributed by atoms with van der Waals surface area (Å²) < 4.78 is 61.1. The standard InChI is InChI=1S/C8H15F3N2O3S/c1-6(14)7-2-3-13(4-7)17(15,16)12-5-8(9,10)11/h6-7,12,14H,2-5H2,1H3. The molecule has 0 aromatic carbocycles. The third-order valence-electron chi connectivity index (χ3n) is 2.66. The van der Waals surface area contributed by atoms with Gasteiger partial charge in [0, 0.05) is 13.1 Å². The lowest BCUT2D eigenvalue weighted by molar-refractivity contribution is -0.121. The number of alkyl halides is 3. The first-order valence-corrected chi connectivity index (χ1v) is 6.55. The van der Waals surface area contributed by atoms with Gasteiger partial charge in [-0.05, 0) is 19.3 Å². The van der Waals surface area contributed by atoms with E-state index < -0.39 is 29.0 Å². The highest BCUT2D eigenvalue weighted by Crippen LogP contribution is 2.22. The van der Waals surface area contributed by atoms with Gasteiger partial charge in [-0.25, -0.2) is 0 Å². The van der Waals surface area contributed by atoms with E-state index in [1.165, 1.54) is 11.6 Å². The van der Waals surface area contributed by atoms with Crippen LogP contribution < -0.4 is 4.72 Å². The van der Waals surface area contributed by atoms with Crippen LogP contribution in [0.3, 0.4) is 0 Å². The second kappa shape index (κ2) is 5.09. The molecule has 2 atom stereocenters. The van der Waals surface area contributed by atoms with Gasteiger partial charge in [0.1, 0.15) is 6.54 Å². The molecular formula is C8H15F3N2O3S. The van der Waals surface area contributed by atoms with Gasteiger partial charge in [-0.15, -0.1) is 0 Å². The van der Waals surface area contributed by atoms with Gasteiger partial charge in [0.05, 0.1) is 6.10 Å². The zero-order valence-corrected chi connectivity index (χ0v) is 10.1. The van der Waals surface area contributed by atoms with Crippen molar-refractivity contribution in [3.8, 4) is 0 Å². The first-order valence-electron chi connectivity index (χ1n) is 5.11. The van der Waals surface area contributed by atoms with Gasteiger partial charge < -0.3 is 5.11 Å². The Balaban J connectivity index is 2.55. The van der Waals surface area contributed by atoms with Crippen molar-refractivity contribution >= 4 is 10.2 Å². The Morgan fingerprint density at radius 1 is 1.53 bits per heavy atom. The molecule has 0 radical (unpaired) electrons. The van der Waals surface area contributed by atoms with Crippen LogP contribution in [0.25, 0.3) is 0 Å². The van der Waals surface area contributed by atoms with Gasteiger partial charge in [0.25, 0.3) is 10.2 Å². The van der Waals surface area contributed by atoms with Crippen LogP contribution in [-0.4, -0.2) is 49.7 Å². The van der Waals surface area contributed by atoms with Crippen molar-refractivity contribution in [2.45, 2.75) is 25.6 Å². The van der Waals surface area contributed by atoms with E-state index in [-0.39, 0.29) is 19.0 Å². The number of hydrogen-bond donors (Lipinski definition) is 2. The van der Waals surface area contributed by atoms with Crippen molar-refractivity contribution in [3.63, 3.8) is 0 Å². The third-order valence-corrected chi connectivity index (χ3v) is 4.19. The predicted octanol–water partition coefficient (Wildman–Crippen LogP) is 0.0858. The molecule has 0 aliphatic carbocycles. The lowest BCUT2D eigenvalue weighted by Crippen LogP contribution is -2.43. The smallest absolute Gasteiger partial charge is 0.393 e. The van der Waals surface area contributed by atoms with Crippen LogP contribution in [0, 0.1) is 5.92 Å². The monoisotopic (exact) mass is 276 g/mol. The van der Waals surface area contributed by atoms with Crippen molar-refractivity contribution in [2.24, 2.45) is 5.92 Å². The maximum absolute atomic E-state index is 11.9. The van der Waals surface area contributed by atoms with Crippen LogP contribution in [0.2, 0.25) is 0 Å². The first kappa shape index (κ1) is 14.7. The van der Waals surface area contributed by atoms with Crippen LogP contribution in [0.15, 0.2) is 0 Å². The number of nitrogens with one attached hydrogen (secondary N) is 1. The molecule has 0 aromatic rings. The zero-order chi connectivity index (χ0) is 13.3. The second-order valence-corrected chi connectivity index (χ2v) is 5.84. The minimum Gasteiger partial charge on any atom is -0.393 e. The summed E-state index contributed by atoms with van der Waals surface area (Å²) in [6, 6.07) is 0. The minimum absolute atomic E-state index is 0.0465. The molecule has 1 rings (SSSR count). The zero-order valence-electron chi connectivity index (χ0n) is 9.24. The Bertz CT molecular complexity index is 356. The molecular weight excluding hydrogens is 261 g/mol. The molecule has 2 unspecified atom stereocenters. The fourth-order valence-corrected chi connectivity index (χ4v) is 2.89. The van der Waals surface area contributed by atoms with Gasteiger partial charge in [-0.1, -0.05) is 0 Å². The van der Waals surface area contributed by atoms with Gasteiger partial charge in [0.2, 0.25) is 0 Å². The maximum Gasteiger partial charge on any atom is 0.402 e.